The second-order valence-electron chi connectivity index (χ2n) is 13.1. The molecule has 0 rings (SSSR count). The first kappa shape index (κ1) is 48.5. The highest BCUT2D eigenvalue weighted by Gasteiger charge is 2.25. The predicted octanol–water partition coefficient (Wildman–Crippen LogP) is 11.6. The molecule has 8 nitrogen and oxygen atoms in total. The highest BCUT2D eigenvalue weighted by Crippen LogP contribution is 2.43. The average molecular weight is 726 g/mol. The Balaban J connectivity index is 3.77. The van der Waals surface area contributed by atoms with Gasteiger partial charge in [-0.15, -0.1) is 0 Å². The SMILES string of the molecule is CC/C=C\C/C=C\C/C=C\C/C=C\CCCCCCCCCCCCCCCOCC(COP(=O)(O)OCCN)OC(=O)CCCCCCC. The summed E-state index contributed by atoms with van der Waals surface area (Å²) < 4.78 is 33.1. The van der Waals surface area contributed by atoms with Gasteiger partial charge in [0.1, 0.15) is 6.10 Å². The van der Waals surface area contributed by atoms with E-state index in [4.69, 9.17) is 24.3 Å². The first-order valence-corrected chi connectivity index (χ1v) is 21.6. The molecule has 0 aliphatic rings. The number of rotatable bonds is 38. The first-order valence-electron chi connectivity index (χ1n) is 20.1. The summed E-state index contributed by atoms with van der Waals surface area (Å²) in [6.07, 6.45) is 44.7. The van der Waals surface area contributed by atoms with Gasteiger partial charge in [-0.25, -0.2) is 4.57 Å². The Bertz CT molecular complexity index is 905. The molecule has 0 aromatic rings. The summed E-state index contributed by atoms with van der Waals surface area (Å²) in [6, 6.07) is 0. The molecule has 9 heteroatoms. The molecule has 0 aliphatic heterocycles. The second-order valence-corrected chi connectivity index (χ2v) is 14.6. The first-order chi connectivity index (χ1) is 24.4. The molecule has 0 saturated heterocycles. The molecule has 0 amide bonds. The van der Waals surface area contributed by atoms with E-state index in [1.54, 1.807) is 0 Å². The topological polar surface area (TPSA) is 117 Å². The molecule has 0 aromatic heterocycles. The van der Waals surface area contributed by atoms with E-state index in [0.29, 0.717) is 13.0 Å². The number of allylic oxidation sites excluding steroid dienone is 8. The van der Waals surface area contributed by atoms with Crippen LogP contribution in [0.3, 0.4) is 0 Å². The molecule has 0 radical (unpaired) electrons. The largest absolute Gasteiger partial charge is 0.472 e. The van der Waals surface area contributed by atoms with Crippen molar-refractivity contribution in [3.8, 4) is 0 Å². The quantitative estimate of drug-likeness (QED) is 0.0279. The molecule has 0 heterocycles. The van der Waals surface area contributed by atoms with Crippen molar-refractivity contribution in [3.63, 3.8) is 0 Å². The number of hydrogen-bond acceptors (Lipinski definition) is 7. The standard InChI is InChI=1S/C41H76NO7P/c1-3-5-7-9-10-11-12-13-14-15-16-17-18-19-20-21-22-23-24-25-26-27-28-29-31-33-36-46-38-40(39-48-50(44,45)47-37-35-42)49-41(43)34-32-30-8-6-4-2/h5,7,10-11,13-14,16-17,40H,3-4,6,8-9,12,15,18-39,42H2,1-2H3,(H,44,45)/b7-5-,11-10-,14-13-,17-16-. The summed E-state index contributed by atoms with van der Waals surface area (Å²) in [7, 11) is -4.26. The minimum atomic E-state index is -4.26. The van der Waals surface area contributed by atoms with Gasteiger partial charge in [-0.2, -0.15) is 0 Å². The number of hydrogen-bond donors (Lipinski definition) is 2. The van der Waals surface area contributed by atoms with Crippen molar-refractivity contribution in [2.24, 2.45) is 5.73 Å². The Morgan fingerprint density at radius 3 is 1.68 bits per heavy atom. The number of phosphoric ester groups is 1. The Kier molecular flexibility index (Phi) is 37.5. The van der Waals surface area contributed by atoms with E-state index in [2.05, 4.69) is 62.5 Å². The average Bonchev–Trinajstić information content (AvgIpc) is 3.10. The van der Waals surface area contributed by atoms with Crippen LogP contribution in [-0.2, 0) is 27.9 Å². The third-order valence-electron chi connectivity index (χ3n) is 8.26. The third-order valence-corrected chi connectivity index (χ3v) is 9.24. The molecule has 0 bridgehead atoms. The van der Waals surface area contributed by atoms with Gasteiger partial charge >= 0.3 is 13.8 Å². The van der Waals surface area contributed by atoms with Gasteiger partial charge < -0.3 is 20.1 Å². The number of phosphoric acid groups is 1. The zero-order valence-corrected chi connectivity index (χ0v) is 33.0. The van der Waals surface area contributed by atoms with Crippen molar-refractivity contribution in [2.45, 2.75) is 174 Å². The van der Waals surface area contributed by atoms with Crippen LogP contribution < -0.4 is 5.73 Å². The van der Waals surface area contributed by atoms with Crippen LogP contribution in [0.25, 0.3) is 0 Å². The van der Waals surface area contributed by atoms with Crippen LogP contribution >= 0.6 is 7.82 Å². The van der Waals surface area contributed by atoms with Crippen LogP contribution in [0.15, 0.2) is 48.6 Å². The van der Waals surface area contributed by atoms with Crippen LogP contribution in [0.2, 0.25) is 0 Å². The lowest BCUT2D eigenvalue weighted by Crippen LogP contribution is -2.28. The lowest BCUT2D eigenvalue weighted by Gasteiger charge is -2.20. The highest BCUT2D eigenvalue weighted by molar-refractivity contribution is 7.47. The van der Waals surface area contributed by atoms with Crippen molar-refractivity contribution in [2.75, 3.05) is 33.0 Å². The molecule has 292 valence electrons. The van der Waals surface area contributed by atoms with Gasteiger partial charge in [-0.3, -0.25) is 13.8 Å². The van der Waals surface area contributed by atoms with Crippen molar-refractivity contribution >= 4 is 13.8 Å². The van der Waals surface area contributed by atoms with Crippen LogP contribution in [0.4, 0.5) is 0 Å². The zero-order chi connectivity index (χ0) is 36.6. The second kappa shape index (κ2) is 38.7. The van der Waals surface area contributed by atoms with Crippen molar-refractivity contribution in [1.29, 1.82) is 0 Å². The maximum Gasteiger partial charge on any atom is 0.472 e. The van der Waals surface area contributed by atoms with Gasteiger partial charge in [0.15, 0.2) is 0 Å². The molecule has 0 saturated carbocycles. The van der Waals surface area contributed by atoms with E-state index in [1.807, 2.05) is 0 Å². The Hall–Kier alpha value is -1.54. The van der Waals surface area contributed by atoms with Crippen LogP contribution in [0, 0.1) is 0 Å². The van der Waals surface area contributed by atoms with Crippen molar-refractivity contribution in [1.82, 2.24) is 0 Å². The number of esters is 1. The fourth-order valence-electron chi connectivity index (χ4n) is 5.34. The molecular weight excluding hydrogens is 649 g/mol. The summed E-state index contributed by atoms with van der Waals surface area (Å²) in [6.45, 7) is 4.71. The minimum absolute atomic E-state index is 0.0961. The van der Waals surface area contributed by atoms with Gasteiger partial charge in [-0.05, 0) is 51.4 Å². The third kappa shape index (κ3) is 37.7. The summed E-state index contributed by atoms with van der Waals surface area (Å²) in [5, 5.41) is 0. The fourth-order valence-corrected chi connectivity index (χ4v) is 6.11. The van der Waals surface area contributed by atoms with Crippen LogP contribution in [-0.4, -0.2) is 49.9 Å². The fraction of sp³-hybridized carbons (Fsp3) is 0.780. The predicted molar refractivity (Wildman–Crippen MR) is 210 cm³/mol. The van der Waals surface area contributed by atoms with E-state index < -0.39 is 13.9 Å². The number of carbonyl (C=O) groups is 1. The molecule has 0 aromatic carbocycles. The zero-order valence-electron chi connectivity index (χ0n) is 32.1. The Morgan fingerprint density at radius 1 is 0.620 bits per heavy atom. The minimum Gasteiger partial charge on any atom is -0.457 e. The summed E-state index contributed by atoms with van der Waals surface area (Å²) in [5.74, 6) is -0.345. The van der Waals surface area contributed by atoms with Gasteiger partial charge in [0, 0.05) is 19.6 Å². The molecule has 0 fully saturated rings. The Morgan fingerprint density at radius 2 is 1.12 bits per heavy atom. The van der Waals surface area contributed by atoms with Gasteiger partial charge in [0.05, 0.1) is 19.8 Å². The van der Waals surface area contributed by atoms with E-state index in [1.165, 1.54) is 77.0 Å². The summed E-state index contributed by atoms with van der Waals surface area (Å²) in [5.41, 5.74) is 5.33. The van der Waals surface area contributed by atoms with E-state index in [9.17, 15) is 14.3 Å². The van der Waals surface area contributed by atoms with E-state index in [0.717, 1.165) is 70.6 Å². The van der Waals surface area contributed by atoms with Crippen molar-refractivity contribution < 1.29 is 32.8 Å². The maximum atomic E-state index is 12.3. The van der Waals surface area contributed by atoms with Gasteiger partial charge in [0.2, 0.25) is 0 Å². The number of carbonyl (C=O) groups excluding carboxylic acids is 1. The smallest absolute Gasteiger partial charge is 0.457 e. The summed E-state index contributed by atoms with van der Waals surface area (Å²) >= 11 is 0. The van der Waals surface area contributed by atoms with Crippen LogP contribution in [0.1, 0.15) is 168 Å². The monoisotopic (exact) mass is 726 g/mol. The highest BCUT2D eigenvalue weighted by atomic mass is 31.2. The molecule has 3 N–H and O–H groups in total. The van der Waals surface area contributed by atoms with Crippen molar-refractivity contribution in [3.05, 3.63) is 48.6 Å². The van der Waals surface area contributed by atoms with E-state index >= 15 is 0 Å². The summed E-state index contributed by atoms with van der Waals surface area (Å²) in [4.78, 5) is 22.1. The molecule has 0 aliphatic carbocycles. The van der Waals surface area contributed by atoms with Gasteiger partial charge in [-0.1, -0.05) is 159 Å². The maximum absolute atomic E-state index is 12.3. The molecule has 50 heavy (non-hydrogen) atoms. The lowest BCUT2D eigenvalue weighted by molar-refractivity contribution is -0.154. The number of nitrogens with two attached hydrogens (primary N) is 1. The molecular formula is C41H76NO7P. The lowest BCUT2D eigenvalue weighted by atomic mass is 10.0. The normalized spacial score (nSPS) is 14.1. The number of ether oxygens (including phenoxy) is 2. The Labute approximate surface area is 307 Å². The molecule has 2 atom stereocenters. The number of unbranched alkanes of at least 4 members (excludes halogenated alkanes) is 17. The van der Waals surface area contributed by atoms with Crippen LogP contribution in [0.5, 0.6) is 0 Å². The molecule has 2 unspecified atom stereocenters. The van der Waals surface area contributed by atoms with Gasteiger partial charge in [0.25, 0.3) is 0 Å². The van der Waals surface area contributed by atoms with E-state index in [-0.39, 0.29) is 32.3 Å². The molecule has 0 spiro atoms.